The van der Waals surface area contributed by atoms with Gasteiger partial charge in [0, 0.05) is 9.86 Å². The fourth-order valence-corrected chi connectivity index (χ4v) is 2.88. The maximum absolute atomic E-state index is 12.4. The van der Waals surface area contributed by atoms with E-state index in [0.717, 1.165) is 15.4 Å². The zero-order valence-electron chi connectivity index (χ0n) is 12.5. The first-order valence-electron chi connectivity index (χ1n) is 7.23. The van der Waals surface area contributed by atoms with Gasteiger partial charge in [0.1, 0.15) is 5.69 Å². The zero-order chi connectivity index (χ0) is 16.4. The number of aromatic amines is 1. The number of hydrogen-bond acceptors (Lipinski definition) is 2. The number of nitrogens with one attached hydrogen (secondary N) is 2. The number of aromatic nitrogens is 1. The lowest BCUT2D eigenvalue weighted by Crippen LogP contribution is -2.29. The molecule has 0 spiro atoms. The predicted molar refractivity (Wildman–Crippen MR) is 94.6 cm³/mol. The van der Waals surface area contributed by atoms with Crippen molar-refractivity contribution in [3.05, 3.63) is 80.7 Å². The van der Waals surface area contributed by atoms with Crippen molar-refractivity contribution in [2.45, 2.75) is 13.0 Å². The molecule has 0 fully saturated rings. The van der Waals surface area contributed by atoms with Crippen LogP contribution in [0.3, 0.4) is 0 Å². The monoisotopic (exact) mass is 370 g/mol. The molecule has 5 heteroatoms. The molecule has 0 aliphatic heterocycles. The van der Waals surface area contributed by atoms with Crippen molar-refractivity contribution in [3.63, 3.8) is 0 Å². The van der Waals surface area contributed by atoms with Crippen molar-refractivity contribution in [3.8, 4) is 0 Å². The molecule has 0 aliphatic rings. The van der Waals surface area contributed by atoms with Crippen LogP contribution >= 0.6 is 15.9 Å². The molecule has 116 valence electrons. The van der Waals surface area contributed by atoms with Gasteiger partial charge in [-0.3, -0.25) is 9.59 Å². The van der Waals surface area contributed by atoms with Crippen LogP contribution in [0.1, 0.15) is 29.0 Å². The van der Waals surface area contributed by atoms with Gasteiger partial charge in [-0.1, -0.05) is 46.3 Å². The second-order valence-electron chi connectivity index (χ2n) is 5.35. The van der Waals surface area contributed by atoms with Gasteiger partial charge >= 0.3 is 0 Å². The molecule has 1 unspecified atom stereocenters. The van der Waals surface area contributed by atoms with Crippen molar-refractivity contribution >= 4 is 32.6 Å². The summed E-state index contributed by atoms with van der Waals surface area (Å²) in [5, 5.41) is 4.22. The molecule has 3 aromatic rings. The van der Waals surface area contributed by atoms with E-state index in [0.29, 0.717) is 5.39 Å². The molecule has 1 heterocycles. The fourth-order valence-electron chi connectivity index (χ4n) is 2.47. The van der Waals surface area contributed by atoms with E-state index in [9.17, 15) is 9.59 Å². The number of fused-ring (bicyclic) bond motifs is 1. The standard InChI is InChI=1S/C18H15BrN2O2/c1-11(12-6-4-7-14(19)9-12)20-18(23)16-10-13-5-2-3-8-15(13)17(22)21-16/h2-11H,1H3,(H,20,23)(H,21,22). The molecule has 0 saturated heterocycles. The first-order valence-corrected chi connectivity index (χ1v) is 8.02. The highest BCUT2D eigenvalue weighted by Crippen LogP contribution is 2.18. The second kappa shape index (κ2) is 6.38. The van der Waals surface area contributed by atoms with Gasteiger partial charge in [-0.05, 0) is 42.1 Å². The number of halogens is 1. The fraction of sp³-hybridized carbons (Fsp3) is 0.111. The molecule has 2 N–H and O–H groups in total. The Labute approximate surface area is 141 Å². The van der Waals surface area contributed by atoms with Crippen LogP contribution in [0.2, 0.25) is 0 Å². The average Bonchev–Trinajstić information content (AvgIpc) is 2.54. The molecule has 3 rings (SSSR count). The summed E-state index contributed by atoms with van der Waals surface area (Å²) in [7, 11) is 0. The summed E-state index contributed by atoms with van der Waals surface area (Å²) in [5.74, 6) is -0.305. The largest absolute Gasteiger partial charge is 0.344 e. The quantitative estimate of drug-likeness (QED) is 0.736. The first kappa shape index (κ1) is 15.5. The third-order valence-electron chi connectivity index (χ3n) is 3.69. The summed E-state index contributed by atoms with van der Waals surface area (Å²) >= 11 is 3.42. The Balaban J connectivity index is 1.87. The molecule has 4 nitrogen and oxygen atoms in total. The second-order valence-corrected chi connectivity index (χ2v) is 6.27. The van der Waals surface area contributed by atoms with Gasteiger partial charge in [-0.15, -0.1) is 0 Å². The summed E-state index contributed by atoms with van der Waals surface area (Å²) in [6.07, 6.45) is 0. The molecule has 1 atom stereocenters. The van der Waals surface area contributed by atoms with Crippen LogP contribution in [0.5, 0.6) is 0 Å². The average molecular weight is 371 g/mol. The van der Waals surface area contributed by atoms with Crippen LogP contribution in [0, 0.1) is 0 Å². The maximum atomic E-state index is 12.4. The molecule has 1 aromatic heterocycles. The highest BCUT2D eigenvalue weighted by atomic mass is 79.9. The van der Waals surface area contributed by atoms with Gasteiger partial charge in [0.2, 0.25) is 0 Å². The Bertz CT molecular complexity index is 933. The molecule has 23 heavy (non-hydrogen) atoms. The maximum Gasteiger partial charge on any atom is 0.268 e. The lowest BCUT2D eigenvalue weighted by atomic mass is 10.1. The van der Waals surface area contributed by atoms with Crippen LogP contribution in [-0.4, -0.2) is 10.9 Å². The third-order valence-corrected chi connectivity index (χ3v) is 4.19. The number of rotatable bonds is 3. The summed E-state index contributed by atoms with van der Waals surface area (Å²) in [6.45, 7) is 1.90. The van der Waals surface area contributed by atoms with Gasteiger partial charge < -0.3 is 10.3 Å². The summed E-state index contributed by atoms with van der Waals surface area (Å²) in [4.78, 5) is 27.1. The van der Waals surface area contributed by atoms with Crippen molar-refractivity contribution in [2.24, 2.45) is 0 Å². The van der Waals surface area contributed by atoms with Gasteiger partial charge in [0.05, 0.1) is 6.04 Å². The first-order chi connectivity index (χ1) is 11.0. The Morgan fingerprint density at radius 1 is 1.13 bits per heavy atom. The molecular weight excluding hydrogens is 356 g/mol. The van der Waals surface area contributed by atoms with Crippen molar-refractivity contribution in [1.29, 1.82) is 0 Å². The van der Waals surface area contributed by atoms with E-state index < -0.39 is 0 Å². The topological polar surface area (TPSA) is 62.0 Å². The molecular formula is C18H15BrN2O2. The number of pyridine rings is 1. The van der Waals surface area contributed by atoms with Crippen molar-refractivity contribution < 1.29 is 4.79 Å². The molecule has 1 amide bonds. The van der Waals surface area contributed by atoms with E-state index >= 15 is 0 Å². The van der Waals surface area contributed by atoms with Crippen molar-refractivity contribution in [1.82, 2.24) is 10.3 Å². The lowest BCUT2D eigenvalue weighted by Gasteiger charge is -2.14. The Morgan fingerprint density at radius 2 is 1.91 bits per heavy atom. The van der Waals surface area contributed by atoms with E-state index in [1.165, 1.54) is 0 Å². The molecule has 0 aliphatic carbocycles. The smallest absolute Gasteiger partial charge is 0.268 e. The highest BCUT2D eigenvalue weighted by molar-refractivity contribution is 9.10. The summed E-state index contributed by atoms with van der Waals surface area (Å²) in [6, 6.07) is 16.5. The van der Waals surface area contributed by atoms with Crippen LogP contribution in [0.4, 0.5) is 0 Å². The predicted octanol–water partition coefficient (Wildman–Crippen LogP) is 3.78. The number of benzene rings is 2. The van der Waals surface area contributed by atoms with E-state index in [2.05, 4.69) is 26.2 Å². The minimum Gasteiger partial charge on any atom is -0.344 e. The van der Waals surface area contributed by atoms with Crippen LogP contribution in [0.15, 0.2) is 63.9 Å². The van der Waals surface area contributed by atoms with E-state index in [1.807, 2.05) is 43.3 Å². The SMILES string of the molecule is CC(NC(=O)c1cc2ccccc2c(=O)[nH]1)c1cccc(Br)c1. The summed E-state index contributed by atoms with van der Waals surface area (Å²) in [5.41, 5.74) is 0.981. The molecule has 0 bridgehead atoms. The number of hydrogen-bond donors (Lipinski definition) is 2. The van der Waals surface area contributed by atoms with Crippen molar-refractivity contribution in [2.75, 3.05) is 0 Å². The third kappa shape index (κ3) is 3.35. The van der Waals surface area contributed by atoms with E-state index in [-0.39, 0.29) is 23.2 Å². The lowest BCUT2D eigenvalue weighted by molar-refractivity contribution is 0.0935. The van der Waals surface area contributed by atoms with Crippen LogP contribution < -0.4 is 10.9 Å². The van der Waals surface area contributed by atoms with Crippen LogP contribution in [0.25, 0.3) is 10.8 Å². The van der Waals surface area contributed by atoms with Crippen LogP contribution in [-0.2, 0) is 0 Å². The number of carbonyl (C=O) groups excluding carboxylic acids is 1. The molecule has 2 aromatic carbocycles. The Morgan fingerprint density at radius 3 is 2.70 bits per heavy atom. The van der Waals surface area contributed by atoms with E-state index in [4.69, 9.17) is 0 Å². The van der Waals surface area contributed by atoms with Gasteiger partial charge in [-0.25, -0.2) is 0 Å². The number of H-pyrrole nitrogens is 1. The van der Waals surface area contributed by atoms with Gasteiger partial charge in [0.15, 0.2) is 0 Å². The van der Waals surface area contributed by atoms with Gasteiger partial charge in [0.25, 0.3) is 11.5 Å². The minimum absolute atomic E-state index is 0.171. The normalized spacial score (nSPS) is 12.1. The number of carbonyl (C=O) groups is 1. The molecule has 0 saturated carbocycles. The van der Waals surface area contributed by atoms with Gasteiger partial charge in [-0.2, -0.15) is 0 Å². The molecule has 0 radical (unpaired) electrons. The Kier molecular flexibility index (Phi) is 4.30. The Hall–Kier alpha value is -2.40. The number of amides is 1. The summed E-state index contributed by atoms with van der Waals surface area (Å²) < 4.78 is 0.954. The zero-order valence-corrected chi connectivity index (χ0v) is 14.1. The minimum atomic E-state index is -0.305. The van der Waals surface area contributed by atoms with E-state index in [1.54, 1.807) is 18.2 Å². The highest BCUT2D eigenvalue weighted by Gasteiger charge is 2.13.